The lowest BCUT2D eigenvalue weighted by atomic mass is 10.1. The zero-order chi connectivity index (χ0) is 16.2. The minimum absolute atomic E-state index is 0.111. The van der Waals surface area contributed by atoms with Crippen LogP contribution in [-0.4, -0.2) is 15.5 Å². The Morgan fingerprint density at radius 2 is 1.91 bits per heavy atom. The molecule has 2 aromatic carbocycles. The summed E-state index contributed by atoms with van der Waals surface area (Å²) in [5, 5.41) is 2.85. The first-order valence-corrected chi connectivity index (χ1v) is 7.55. The number of hydrogen-bond donors (Lipinski definition) is 1. The molecular weight excluding hydrogens is 293 g/mol. The molecule has 0 atom stereocenters. The van der Waals surface area contributed by atoms with E-state index in [1.165, 1.54) is 6.07 Å². The number of amides is 1. The quantitative estimate of drug-likeness (QED) is 0.787. The summed E-state index contributed by atoms with van der Waals surface area (Å²) in [6, 6.07) is 14.4. The third-order valence-corrected chi connectivity index (χ3v) is 3.90. The van der Waals surface area contributed by atoms with Gasteiger partial charge in [-0.2, -0.15) is 0 Å². The summed E-state index contributed by atoms with van der Waals surface area (Å²) in [6.45, 7) is 0.362. The fourth-order valence-corrected chi connectivity index (χ4v) is 2.57. The Morgan fingerprint density at radius 3 is 2.70 bits per heavy atom. The van der Waals surface area contributed by atoms with Crippen molar-refractivity contribution in [1.29, 1.82) is 0 Å². The molecule has 0 fully saturated rings. The Balaban J connectivity index is 1.58. The van der Waals surface area contributed by atoms with Gasteiger partial charge in [0.1, 0.15) is 11.6 Å². The summed E-state index contributed by atoms with van der Waals surface area (Å²) in [7, 11) is 1.93. The van der Waals surface area contributed by atoms with E-state index in [2.05, 4.69) is 10.3 Å². The Bertz CT molecular complexity index is 841. The van der Waals surface area contributed by atoms with E-state index in [0.29, 0.717) is 18.5 Å². The van der Waals surface area contributed by atoms with Crippen LogP contribution in [0.2, 0.25) is 0 Å². The van der Waals surface area contributed by atoms with E-state index in [-0.39, 0.29) is 18.1 Å². The van der Waals surface area contributed by atoms with Crippen LogP contribution in [0.3, 0.4) is 0 Å². The topological polar surface area (TPSA) is 46.9 Å². The average Bonchev–Trinajstić information content (AvgIpc) is 2.89. The van der Waals surface area contributed by atoms with Crippen molar-refractivity contribution in [2.75, 3.05) is 0 Å². The van der Waals surface area contributed by atoms with E-state index < -0.39 is 0 Å². The van der Waals surface area contributed by atoms with Gasteiger partial charge in [-0.25, -0.2) is 9.37 Å². The number of imidazole rings is 1. The van der Waals surface area contributed by atoms with Crippen molar-refractivity contribution in [2.24, 2.45) is 7.05 Å². The highest BCUT2D eigenvalue weighted by molar-refractivity contribution is 5.77. The van der Waals surface area contributed by atoms with Gasteiger partial charge in [0.2, 0.25) is 5.91 Å². The van der Waals surface area contributed by atoms with Gasteiger partial charge in [-0.05, 0) is 30.2 Å². The largest absolute Gasteiger partial charge is 0.349 e. The number of rotatable bonds is 5. The second-order valence-corrected chi connectivity index (χ2v) is 5.44. The van der Waals surface area contributed by atoms with E-state index in [1.807, 2.05) is 35.9 Å². The molecule has 5 heteroatoms. The third-order valence-electron chi connectivity index (χ3n) is 3.90. The molecule has 0 spiro atoms. The molecule has 3 rings (SSSR count). The molecule has 118 valence electrons. The highest BCUT2D eigenvalue weighted by atomic mass is 19.1. The summed E-state index contributed by atoms with van der Waals surface area (Å²) in [5.41, 5.74) is 2.50. The summed E-state index contributed by atoms with van der Waals surface area (Å²) in [5.74, 6) is 0.418. The molecule has 0 unspecified atom stereocenters. The van der Waals surface area contributed by atoms with Crippen LogP contribution in [0.4, 0.5) is 4.39 Å². The highest BCUT2D eigenvalue weighted by Gasteiger charge is 2.09. The smallest absolute Gasteiger partial charge is 0.220 e. The van der Waals surface area contributed by atoms with Crippen LogP contribution in [0.5, 0.6) is 0 Å². The van der Waals surface area contributed by atoms with Gasteiger partial charge < -0.3 is 9.88 Å². The monoisotopic (exact) mass is 311 g/mol. The van der Waals surface area contributed by atoms with E-state index in [0.717, 1.165) is 16.9 Å². The number of nitrogens with one attached hydrogen (secondary N) is 1. The van der Waals surface area contributed by atoms with Crippen molar-refractivity contribution in [3.8, 4) is 0 Å². The Labute approximate surface area is 134 Å². The van der Waals surface area contributed by atoms with Crippen molar-refractivity contribution < 1.29 is 9.18 Å². The first kappa shape index (κ1) is 15.2. The molecule has 0 aliphatic rings. The van der Waals surface area contributed by atoms with Crippen molar-refractivity contribution in [3.63, 3.8) is 0 Å². The highest BCUT2D eigenvalue weighted by Crippen LogP contribution is 2.14. The normalized spacial score (nSPS) is 10.9. The molecule has 1 heterocycles. The van der Waals surface area contributed by atoms with Gasteiger partial charge in [-0.15, -0.1) is 0 Å². The molecule has 0 radical (unpaired) electrons. The maximum atomic E-state index is 13.5. The number of benzene rings is 2. The number of aromatic nitrogens is 2. The van der Waals surface area contributed by atoms with Crippen LogP contribution in [0.15, 0.2) is 48.5 Å². The van der Waals surface area contributed by atoms with Gasteiger partial charge in [0, 0.05) is 13.5 Å². The van der Waals surface area contributed by atoms with Crippen molar-refractivity contribution in [2.45, 2.75) is 19.4 Å². The first-order chi connectivity index (χ1) is 11.1. The Hall–Kier alpha value is -2.69. The second-order valence-electron chi connectivity index (χ2n) is 5.44. The van der Waals surface area contributed by atoms with Crippen LogP contribution in [-0.2, 0) is 24.8 Å². The lowest BCUT2D eigenvalue weighted by Gasteiger charge is -2.06. The maximum Gasteiger partial charge on any atom is 0.220 e. The average molecular weight is 311 g/mol. The molecular formula is C18H18FN3O. The molecule has 1 aromatic heterocycles. The Kier molecular flexibility index (Phi) is 4.37. The number of carbonyl (C=O) groups excluding carboxylic acids is 1. The predicted molar refractivity (Wildman–Crippen MR) is 87.3 cm³/mol. The van der Waals surface area contributed by atoms with Crippen LogP contribution >= 0.6 is 0 Å². The molecule has 0 aliphatic carbocycles. The molecule has 1 amide bonds. The molecule has 3 aromatic rings. The molecule has 0 saturated heterocycles. The third kappa shape index (κ3) is 3.39. The number of aryl methyl sites for hydroxylation is 2. The van der Waals surface area contributed by atoms with Gasteiger partial charge >= 0.3 is 0 Å². The molecule has 0 aliphatic heterocycles. The van der Waals surface area contributed by atoms with Crippen LogP contribution in [0, 0.1) is 5.82 Å². The van der Waals surface area contributed by atoms with Crippen molar-refractivity contribution in [3.05, 3.63) is 65.7 Å². The maximum absolute atomic E-state index is 13.5. The van der Waals surface area contributed by atoms with Crippen molar-refractivity contribution >= 4 is 16.9 Å². The zero-order valence-corrected chi connectivity index (χ0v) is 12.9. The summed E-state index contributed by atoms with van der Waals surface area (Å²) in [4.78, 5) is 16.5. The number of carbonyl (C=O) groups is 1. The number of nitrogens with zero attached hydrogens (tertiary/aromatic N) is 2. The number of hydrogen-bond acceptors (Lipinski definition) is 2. The van der Waals surface area contributed by atoms with E-state index in [1.54, 1.807) is 18.2 Å². The van der Waals surface area contributed by atoms with Crippen LogP contribution in [0.25, 0.3) is 11.0 Å². The minimum Gasteiger partial charge on any atom is -0.349 e. The number of fused-ring (bicyclic) bond motifs is 1. The van der Waals surface area contributed by atoms with Gasteiger partial charge in [0.25, 0.3) is 0 Å². The van der Waals surface area contributed by atoms with Crippen molar-refractivity contribution in [1.82, 2.24) is 14.9 Å². The van der Waals surface area contributed by atoms with Gasteiger partial charge in [0.15, 0.2) is 0 Å². The van der Waals surface area contributed by atoms with Crippen LogP contribution < -0.4 is 5.32 Å². The molecule has 1 N–H and O–H groups in total. The summed E-state index contributed by atoms with van der Waals surface area (Å²) < 4.78 is 15.5. The molecule has 23 heavy (non-hydrogen) atoms. The fourth-order valence-electron chi connectivity index (χ4n) is 2.57. The van der Waals surface area contributed by atoms with Gasteiger partial charge in [-0.1, -0.05) is 30.3 Å². The zero-order valence-electron chi connectivity index (χ0n) is 12.9. The van der Waals surface area contributed by atoms with Gasteiger partial charge in [0.05, 0.1) is 17.6 Å². The molecule has 0 saturated carbocycles. The van der Waals surface area contributed by atoms with Gasteiger partial charge in [-0.3, -0.25) is 4.79 Å². The van der Waals surface area contributed by atoms with E-state index >= 15 is 0 Å². The second kappa shape index (κ2) is 6.60. The van der Waals surface area contributed by atoms with E-state index in [4.69, 9.17) is 0 Å². The predicted octanol–water partition coefficient (Wildman–Crippen LogP) is 2.96. The standard InChI is InChI=1S/C18H18FN3O/c1-22-16-9-5-4-8-15(16)21-17(22)12-20-18(23)11-10-13-6-2-3-7-14(13)19/h2-9H,10-12H2,1H3,(H,20,23). The Morgan fingerprint density at radius 1 is 1.17 bits per heavy atom. The number of halogens is 1. The van der Waals surface area contributed by atoms with Crippen LogP contribution in [0.1, 0.15) is 17.8 Å². The first-order valence-electron chi connectivity index (χ1n) is 7.55. The lowest BCUT2D eigenvalue weighted by molar-refractivity contribution is -0.121. The SMILES string of the molecule is Cn1c(CNC(=O)CCc2ccccc2F)nc2ccccc21. The molecule has 4 nitrogen and oxygen atoms in total. The number of para-hydroxylation sites is 2. The summed E-state index contributed by atoms with van der Waals surface area (Å²) in [6.07, 6.45) is 0.645. The minimum atomic E-state index is -0.268. The van der Waals surface area contributed by atoms with E-state index in [9.17, 15) is 9.18 Å². The summed E-state index contributed by atoms with van der Waals surface area (Å²) >= 11 is 0. The molecule has 0 bridgehead atoms. The fraction of sp³-hybridized carbons (Fsp3) is 0.222. The lowest BCUT2D eigenvalue weighted by Crippen LogP contribution is -2.24.